The number of hydrogen-bond acceptors (Lipinski definition) is 3. The molecule has 2 N–H and O–H groups in total. The summed E-state index contributed by atoms with van der Waals surface area (Å²) in [7, 11) is 0. The van der Waals surface area contributed by atoms with Gasteiger partial charge < -0.3 is 4.90 Å². The van der Waals surface area contributed by atoms with E-state index in [2.05, 4.69) is 10.9 Å². The predicted octanol–water partition coefficient (Wildman–Crippen LogP) is 2.71. The lowest BCUT2D eigenvalue weighted by atomic mass is 10.1. The third kappa shape index (κ3) is 4.46. The molecule has 2 atom stereocenters. The second kappa shape index (κ2) is 8.22. The van der Waals surface area contributed by atoms with E-state index in [-0.39, 0.29) is 24.3 Å². The maximum atomic E-state index is 12.4. The molecule has 3 rings (SSSR count). The summed E-state index contributed by atoms with van der Waals surface area (Å²) in [4.78, 5) is 38.4. The number of carbonyl (C=O) groups is 3. The number of rotatable bonds is 4. The zero-order valence-corrected chi connectivity index (χ0v) is 15.6. The minimum absolute atomic E-state index is 0.0736. The van der Waals surface area contributed by atoms with E-state index >= 15 is 0 Å². The summed E-state index contributed by atoms with van der Waals surface area (Å²) in [6.45, 7) is 2.26. The van der Waals surface area contributed by atoms with Crippen LogP contribution in [-0.4, -0.2) is 29.2 Å². The van der Waals surface area contributed by atoms with Gasteiger partial charge in [0.1, 0.15) is 0 Å². The smallest absolute Gasteiger partial charge is 0.269 e. The Morgan fingerprint density at radius 3 is 2.41 bits per heavy atom. The van der Waals surface area contributed by atoms with Crippen LogP contribution < -0.4 is 10.9 Å². The minimum Gasteiger partial charge on any atom is -0.335 e. The Morgan fingerprint density at radius 1 is 1.07 bits per heavy atom. The van der Waals surface area contributed by atoms with Gasteiger partial charge in [-0.3, -0.25) is 25.2 Å². The Labute approximate surface area is 162 Å². The van der Waals surface area contributed by atoms with Crippen LogP contribution in [0.1, 0.15) is 35.3 Å². The van der Waals surface area contributed by atoms with Crippen molar-refractivity contribution in [2.24, 2.45) is 5.92 Å². The molecule has 0 radical (unpaired) electrons. The van der Waals surface area contributed by atoms with Crippen LogP contribution in [-0.2, 0) is 9.59 Å². The highest BCUT2D eigenvalue weighted by Gasteiger charge is 2.37. The largest absolute Gasteiger partial charge is 0.335 e. The maximum Gasteiger partial charge on any atom is 0.269 e. The normalized spacial score (nSPS) is 17.5. The van der Waals surface area contributed by atoms with E-state index in [4.69, 9.17) is 11.6 Å². The first-order chi connectivity index (χ1) is 13.0. The monoisotopic (exact) mass is 385 g/mol. The molecule has 0 unspecified atom stereocenters. The second-order valence-electron chi connectivity index (χ2n) is 6.48. The van der Waals surface area contributed by atoms with E-state index in [0.29, 0.717) is 17.1 Å². The van der Waals surface area contributed by atoms with E-state index in [1.165, 1.54) is 0 Å². The van der Waals surface area contributed by atoms with Crippen molar-refractivity contribution in [3.05, 3.63) is 70.7 Å². The highest BCUT2D eigenvalue weighted by atomic mass is 35.5. The van der Waals surface area contributed by atoms with Crippen molar-refractivity contribution in [3.63, 3.8) is 0 Å². The summed E-state index contributed by atoms with van der Waals surface area (Å²) in [6, 6.07) is 15.9. The molecule has 0 aromatic heterocycles. The topological polar surface area (TPSA) is 78.5 Å². The standard InChI is InChI=1S/C20H20ClN3O3/c1-13(14-5-3-2-4-6-14)24-12-16(11-18(24)25)20(27)23-22-19(26)15-7-9-17(21)10-8-15/h2-10,13,16H,11-12H2,1H3,(H,22,26)(H,23,27)/t13-,16+/m0/s1. The van der Waals surface area contributed by atoms with Gasteiger partial charge in [0.15, 0.2) is 0 Å². The van der Waals surface area contributed by atoms with Gasteiger partial charge in [-0.25, -0.2) is 0 Å². The SMILES string of the molecule is C[C@@H](c1ccccc1)N1C[C@H](C(=O)NNC(=O)c2ccc(Cl)cc2)CC1=O. The molecular formula is C20H20ClN3O3. The highest BCUT2D eigenvalue weighted by Crippen LogP contribution is 2.28. The number of nitrogens with zero attached hydrogens (tertiary/aromatic N) is 1. The molecule has 140 valence electrons. The van der Waals surface area contributed by atoms with E-state index in [0.717, 1.165) is 5.56 Å². The number of benzene rings is 2. The van der Waals surface area contributed by atoms with Crippen molar-refractivity contribution < 1.29 is 14.4 Å². The Kier molecular flexibility index (Phi) is 5.76. The highest BCUT2D eigenvalue weighted by molar-refractivity contribution is 6.30. The molecule has 0 saturated carbocycles. The summed E-state index contributed by atoms with van der Waals surface area (Å²) in [5.74, 6) is -1.41. The summed E-state index contributed by atoms with van der Waals surface area (Å²) < 4.78 is 0. The molecular weight excluding hydrogens is 366 g/mol. The summed E-state index contributed by atoms with van der Waals surface area (Å²) in [6.07, 6.45) is 0.125. The van der Waals surface area contributed by atoms with Crippen molar-refractivity contribution in [2.45, 2.75) is 19.4 Å². The number of carbonyl (C=O) groups excluding carboxylic acids is 3. The molecule has 1 saturated heterocycles. The van der Waals surface area contributed by atoms with Crippen LogP contribution in [0.15, 0.2) is 54.6 Å². The van der Waals surface area contributed by atoms with Gasteiger partial charge in [-0.1, -0.05) is 41.9 Å². The molecule has 27 heavy (non-hydrogen) atoms. The quantitative estimate of drug-likeness (QED) is 0.794. The van der Waals surface area contributed by atoms with Gasteiger partial charge in [0, 0.05) is 23.6 Å². The van der Waals surface area contributed by atoms with Gasteiger partial charge in [-0.05, 0) is 36.8 Å². The van der Waals surface area contributed by atoms with Gasteiger partial charge in [0.25, 0.3) is 5.91 Å². The van der Waals surface area contributed by atoms with Gasteiger partial charge in [0.2, 0.25) is 11.8 Å². The second-order valence-corrected chi connectivity index (χ2v) is 6.92. The van der Waals surface area contributed by atoms with Crippen LogP contribution in [0.25, 0.3) is 0 Å². The van der Waals surface area contributed by atoms with Gasteiger partial charge in [-0.15, -0.1) is 0 Å². The van der Waals surface area contributed by atoms with Crippen LogP contribution in [0.2, 0.25) is 5.02 Å². The Hall–Kier alpha value is -2.86. The number of halogens is 1. The molecule has 2 aromatic rings. The third-order valence-electron chi connectivity index (χ3n) is 4.68. The van der Waals surface area contributed by atoms with Gasteiger partial charge in [-0.2, -0.15) is 0 Å². The molecule has 1 fully saturated rings. The average Bonchev–Trinajstić information content (AvgIpc) is 3.08. The van der Waals surface area contributed by atoms with E-state index < -0.39 is 11.8 Å². The molecule has 3 amide bonds. The van der Waals surface area contributed by atoms with E-state index in [1.807, 2.05) is 37.3 Å². The molecule has 0 spiro atoms. The van der Waals surface area contributed by atoms with E-state index in [9.17, 15) is 14.4 Å². The van der Waals surface area contributed by atoms with Crippen LogP contribution in [0.5, 0.6) is 0 Å². The first kappa shape index (κ1) is 18.9. The fourth-order valence-electron chi connectivity index (χ4n) is 3.09. The van der Waals surface area contributed by atoms with Crippen LogP contribution in [0.3, 0.4) is 0 Å². The third-order valence-corrected chi connectivity index (χ3v) is 4.94. The average molecular weight is 386 g/mol. The summed E-state index contributed by atoms with van der Waals surface area (Å²) >= 11 is 5.79. The Morgan fingerprint density at radius 2 is 1.74 bits per heavy atom. The Balaban J connectivity index is 1.56. The number of hydrogen-bond donors (Lipinski definition) is 2. The van der Waals surface area contributed by atoms with Crippen LogP contribution in [0.4, 0.5) is 0 Å². The molecule has 1 heterocycles. The summed E-state index contributed by atoms with van der Waals surface area (Å²) in [5.41, 5.74) is 6.17. The van der Waals surface area contributed by atoms with Crippen LogP contribution in [0, 0.1) is 5.92 Å². The predicted molar refractivity (Wildman–Crippen MR) is 102 cm³/mol. The minimum atomic E-state index is -0.505. The molecule has 7 heteroatoms. The lowest BCUT2D eigenvalue weighted by molar-refractivity contribution is -0.130. The molecule has 1 aliphatic rings. The number of likely N-dealkylation sites (tertiary alicyclic amines) is 1. The molecule has 2 aromatic carbocycles. The van der Waals surface area contributed by atoms with Crippen molar-refractivity contribution in [1.82, 2.24) is 15.8 Å². The Bertz CT molecular complexity index is 839. The van der Waals surface area contributed by atoms with Crippen molar-refractivity contribution >= 4 is 29.3 Å². The number of amides is 3. The molecule has 6 nitrogen and oxygen atoms in total. The zero-order chi connectivity index (χ0) is 19.4. The fraction of sp³-hybridized carbons (Fsp3) is 0.250. The van der Waals surface area contributed by atoms with Crippen molar-refractivity contribution in [1.29, 1.82) is 0 Å². The summed E-state index contributed by atoms with van der Waals surface area (Å²) in [5, 5.41) is 0.521. The first-order valence-corrected chi connectivity index (χ1v) is 9.03. The lowest BCUT2D eigenvalue weighted by Crippen LogP contribution is -2.45. The first-order valence-electron chi connectivity index (χ1n) is 8.66. The molecule has 0 bridgehead atoms. The van der Waals surface area contributed by atoms with Crippen LogP contribution >= 0.6 is 11.6 Å². The zero-order valence-electron chi connectivity index (χ0n) is 14.8. The lowest BCUT2D eigenvalue weighted by Gasteiger charge is -2.25. The fourth-order valence-corrected chi connectivity index (χ4v) is 3.21. The number of nitrogens with one attached hydrogen (secondary N) is 2. The van der Waals surface area contributed by atoms with Gasteiger partial charge >= 0.3 is 0 Å². The van der Waals surface area contributed by atoms with Crippen molar-refractivity contribution in [3.8, 4) is 0 Å². The molecule has 1 aliphatic heterocycles. The van der Waals surface area contributed by atoms with Gasteiger partial charge in [0.05, 0.1) is 12.0 Å². The number of hydrazine groups is 1. The van der Waals surface area contributed by atoms with E-state index in [1.54, 1.807) is 29.2 Å². The maximum absolute atomic E-state index is 12.4. The van der Waals surface area contributed by atoms with Crippen molar-refractivity contribution in [2.75, 3.05) is 6.54 Å². The molecule has 0 aliphatic carbocycles.